The monoisotopic (exact) mass is 452 g/mol. The second kappa shape index (κ2) is 8.67. The first kappa shape index (κ1) is 21.9. The van der Waals surface area contributed by atoms with Crippen LogP contribution < -0.4 is 10.6 Å². The molecule has 4 rings (SSSR count). The van der Waals surface area contributed by atoms with E-state index in [1.54, 1.807) is 12.1 Å². The molecule has 0 saturated carbocycles. The van der Waals surface area contributed by atoms with Gasteiger partial charge in [-0.2, -0.15) is 13.2 Å². The zero-order valence-electron chi connectivity index (χ0n) is 17.0. The van der Waals surface area contributed by atoms with Gasteiger partial charge in [-0.3, -0.25) is 4.79 Å². The van der Waals surface area contributed by atoms with Gasteiger partial charge in [-0.1, -0.05) is 11.6 Å². The first-order valence-corrected chi connectivity index (χ1v) is 10.8. The predicted octanol–water partition coefficient (Wildman–Crippen LogP) is 4.58. The Bertz CT molecular complexity index is 950. The zero-order valence-corrected chi connectivity index (χ0v) is 17.7. The number of pyridine rings is 1. The van der Waals surface area contributed by atoms with Crippen molar-refractivity contribution in [3.05, 3.63) is 46.7 Å². The van der Waals surface area contributed by atoms with Gasteiger partial charge in [-0.15, -0.1) is 0 Å². The highest BCUT2D eigenvalue weighted by atomic mass is 35.5. The molecule has 31 heavy (non-hydrogen) atoms. The number of carbonyl (C=O) groups excluding carboxylic acids is 1. The summed E-state index contributed by atoms with van der Waals surface area (Å²) in [5.41, 5.74) is 5.69. The third kappa shape index (κ3) is 4.65. The van der Waals surface area contributed by atoms with Crippen molar-refractivity contribution in [3.8, 4) is 11.1 Å². The van der Waals surface area contributed by atoms with E-state index in [1.807, 2.05) is 4.90 Å². The lowest BCUT2D eigenvalue weighted by molar-refractivity contribution is -0.137. The van der Waals surface area contributed by atoms with Crippen molar-refractivity contribution in [1.82, 2.24) is 9.88 Å². The van der Waals surface area contributed by atoms with Crippen LogP contribution in [0, 0.1) is 0 Å². The highest BCUT2D eigenvalue weighted by molar-refractivity contribution is 6.29. The number of likely N-dealkylation sites (tertiary alicyclic amines) is 1. The highest BCUT2D eigenvalue weighted by Crippen LogP contribution is 2.41. The van der Waals surface area contributed by atoms with Gasteiger partial charge in [-0.05, 0) is 63.0 Å². The average Bonchev–Trinajstić information content (AvgIpc) is 3.28. The minimum Gasteiger partial charge on any atom is -0.371 e. The number of hydrogen-bond donors (Lipinski definition) is 1. The third-order valence-corrected chi connectivity index (χ3v) is 6.41. The number of aromatic nitrogens is 1. The number of rotatable bonds is 4. The molecule has 2 aromatic rings. The first-order valence-electron chi connectivity index (χ1n) is 10.4. The summed E-state index contributed by atoms with van der Waals surface area (Å²) in [6.45, 7) is 3.38. The molecule has 2 fully saturated rings. The molecule has 0 spiro atoms. The molecule has 9 heteroatoms. The summed E-state index contributed by atoms with van der Waals surface area (Å²) < 4.78 is 40.9. The fourth-order valence-corrected chi connectivity index (χ4v) is 4.75. The van der Waals surface area contributed by atoms with Gasteiger partial charge in [-0.25, -0.2) is 4.98 Å². The van der Waals surface area contributed by atoms with Crippen LogP contribution in [0.3, 0.4) is 0 Å². The Morgan fingerprint density at radius 3 is 2.32 bits per heavy atom. The van der Waals surface area contributed by atoms with Crippen LogP contribution in [0.1, 0.15) is 41.6 Å². The van der Waals surface area contributed by atoms with Crippen LogP contribution in [0.2, 0.25) is 5.15 Å². The van der Waals surface area contributed by atoms with Crippen LogP contribution in [-0.2, 0) is 6.18 Å². The number of anilines is 1. The van der Waals surface area contributed by atoms with Crippen LogP contribution in [0.5, 0.6) is 0 Å². The number of hydrogen-bond acceptors (Lipinski definition) is 4. The Kier molecular flexibility index (Phi) is 6.12. The summed E-state index contributed by atoms with van der Waals surface area (Å²) >= 11 is 5.89. The molecule has 2 aliphatic rings. The van der Waals surface area contributed by atoms with E-state index in [0.29, 0.717) is 35.9 Å². The number of piperidine rings is 1. The first-order chi connectivity index (χ1) is 14.7. The molecule has 2 aliphatic heterocycles. The number of alkyl halides is 3. The van der Waals surface area contributed by atoms with Crippen molar-refractivity contribution < 1.29 is 18.0 Å². The van der Waals surface area contributed by atoms with Crippen LogP contribution in [-0.4, -0.2) is 48.0 Å². The van der Waals surface area contributed by atoms with E-state index in [2.05, 4.69) is 9.88 Å². The van der Waals surface area contributed by atoms with E-state index in [4.69, 9.17) is 17.3 Å². The van der Waals surface area contributed by atoms with Gasteiger partial charge in [0.2, 0.25) is 5.91 Å². The largest absolute Gasteiger partial charge is 0.416 e. The Morgan fingerprint density at radius 2 is 1.77 bits per heavy atom. The minimum atomic E-state index is -4.59. The average molecular weight is 453 g/mol. The molecule has 0 atom stereocenters. The molecule has 5 nitrogen and oxygen atoms in total. The number of benzene rings is 1. The van der Waals surface area contributed by atoms with Gasteiger partial charge in [0, 0.05) is 47.7 Å². The van der Waals surface area contributed by atoms with E-state index in [0.717, 1.165) is 38.1 Å². The normalized spacial score (nSPS) is 18.5. The van der Waals surface area contributed by atoms with Gasteiger partial charge >= 0.3 is 6.18 Å². The number of amides is 1. The molecular formula is C22H24ClF3N4O. The summed E-state index contributed by atoms with van der Waals surface area (Å²) in [5, 5.41) is 0.254. The van der Waals surface area contributed by atoms with Gasteiger partial charge < -0.3 is 15.5 Å². The van der Waals surface area contributed by atoms with Crippen molar-refractivity contribution in [3.63, 3.8) is 0 Å². The summed E-state index contributed by atoms with van der Waals surface area (Å²) in [7, 11) is 0. The number of carbonyl (C=O) groups is 1. The SMILES string of the molecule is NC(=O)c1cc(C(F)(F)F)cc(N2CCC(N3CCCC3)CC2)c1-c1ccc(Cl)nc1. The van der Waals surface area contributed by atoms with Crippen molar-refractivity contribution in [2.24, 2.45) is 5.73 Å². The Hall–Kier alpha value is -2.32. The van der Waals surface area contributed by atoms with Gasteiger partial charge in [0.05, 0.1) is 5.56 Å². The van der Waals surface area contributed by atoms with E-state index >= 15 is 0 Å². The Balaban J connectivity index is 1.76. The molecule has 1 aromatic heterocycles. The maximum atomic E-state index is 13.6. The quantitative estimate of drug-likeness (QED) is 0.689. The van der Waals surface area contributed by atoms with Crippen molar-refractivity contribution in [1.29, 1.82) is 0 Å². The summed E-state index contributed by atoms with van der Waals surface area (Å²) in [6.07, 6.45) is 0.982. The molecule has 1 aromatic carbocycles. The second-order valence-electron chi connectivity index (χ2n) is 8.11. The molecule has 0 unspecified atom stereocenters. The fraction of sp³-hybridized carbons (Fsp3) is 0.455. The third-order valence-electron chi connectivity index (χ3n) is 6.19. The molecule has 1 amide bonds. The number of halogens is 4. The smallest absolute Gasteiger partial charge is 0.371 e. The number of nitrogens with zero attached hydrogens (tertiary/aromatic N) is 3. The van der Waals surface area contributed by atoms with Crippen molar-refractivity contribution >= 4 is 23.2 Å². The molecule has 3 heterocycles. The molecule has 0 radical (unpaired) electrons. The van der Waals surface area contributed by atoms with E-state index in [1.165, 1.54) is 19.0 Å². The topological polar surface area (TPSA) is 62.5 Å². The van der Waals surface area contributed by atoms with E-state index in [9.17, 15) is 18.0 Å². The van der Waals surface area contributed by atoms with Crippen LogP contribution in [0.4, 0.5) is 18.9 Å². The van der Waals surface area contributed by atoms with Crippen LogP contribution >= 0.6 is 11.6 Å². The summed E-state index contributed by atoms with van der Waals surface area (Å²) in [5.74, 6) is -0.913. The standard InChI is InChI=1S/C22H24ClF3N4O/c23-19-4-3-14(13-28-19)20-17(21(27)31)11-15(22(24,25)26)12-18(20)30-9-5-16(6-10-30)29-7-1-2-8-29/h3-4,11-13,16H,1-2,5-10H2,(H2,27,31). The maximum Gasteiger partial charge on any atom is 0.416 e. The van der Waals surface area contributed by atoms with Crippen molar-refractivity contribution in [2.45, 2.75) is 37.9 Å². The molecule has 2 N–H and O–H groups in total. The van der Waals surface area contributed by atoms with Gasteiger partial charge in [0.1, 0.15) is 5.15 Å². The lowest BCUT2D eigenvalue weighted by Crippen LogP contribution is -2.44. The lowest BCUT2D eigenvalue weighted by atomic mass is 9.93. The predicted molar refractivity (Wildman–Crippen MR) is 114 cm³/mol. The molecule has 166 valence electrons. The number of nitrogens with two attached hydrogens (primary N) is 1. The van der Waals surface area contributed by atoms with Crippen molar-refractivity contribution in [2.75, 3.05) is 31.1 Å². The van der Waals surface area contributed by atoms with Gasteiger partial charge in [0.25, 0.3) is 0 Å². The molecule has 0 aliphatic carbocycles. The molecule has 0 bridgehead atoms. The fourth-order valence-electron chi connectivity index (χ4n) is 4.64. The number of primary amides is 1. The Labute approximate surface area is 184 Å². The molecule has 2 saturated heterocycles. The summed E-state index contributed by atoms with van der Waals surface area (Å²) in [4.78, 5) is 20.6. The minimum absolute atomic E-state index is 0.171. The highest BCUT2D eigenvalue weighted by Gasteiger charge is 2.35. The Morgan fingerprint density at radius 1 is 1.10 bits per heavy atom. The zero-order chi connectivity index (χ0) is 22.2. The molecular weight excluding hydrogens is 429 g/mol. The lowest BCUT2D eigenvalue weighted by Gasteiger charge is -2.39. The second-order valence-corrected chi connectivity index (χ2v) is 8.50. The maximum absolute atomic E-state index is 13.6. The summed E-state index contributed by atoms with van der Waals surface area (Å²) in [6, 6.07) is 5.58. The van der Waals surface area contributed by atoms with E-state index in [-0.39, 0.29) is 10.7 Å². The van der Waals surface area contributed by atoms with Crippen LogP contribution in [0.15, 0.2) is 30.5 Å². The van der Waals surface area contributed by atoms with Crippen LogP contribution in [0.25, 0.3) is 11.1 Å². The van der Waals surface area contributed by atoms with E-state index < -0.39 is 17.6 Å². The van der Waals surface area contributed by atoms with Gasteiger partial charge in [0.15, 0.2) is 0 Å².